The summed E-state index contributed by atoms with van der Waals surface area (Å²) in [6, 6.07) is 15.6. The molecule has 2 aromatic carbocycles. The number of carbonyl (C=O) groups excluding carboxylic acids is 2. The number of anilines is 1. The molecule has 7 heteroatoms. The quantitative estimate of drug-likeness (QED) is 0.185. The molecule has 252 valence electrons. The first kappa shape index (κ1) is 33.3. The van der Waals surface area contributed by atoms with Crippen LogP contribution in [0.5, 0.6) is 5.75 Å². The summed E-state index contributed by atoms with van der Waals surface area (Å²) in [5.74, 6) is 2.39. The second-order valence-electron chi connectivity index (χ2n) is 14.8. The highest BCUT2D eigenvalue weighted by molar-refractivity contribution is 5.96. The van der Waals surface area contributed by atoms with Gasteiger partial charge in [0.05, 0.1) is 31.9 Å². The van der Waals surface area contributed by atoms with Crippen LogP contribution in [-0.4, -0.2) is 41.9 Å². The molecule has 6 rings (SSSR count). The molecule has 0 unspecified atom stereocenters. The Balaban J connectivity index is 1.15. The smallest absolute Gasteiger partial charge is 0.308 e. The summed E-state index contributed by atoms with van der Waals surface area (Å²) in [6.45, 7) is 7.61. The first-order chi connectivity index (χ1) is 22.8. The lowest BCUT2D eigenvalue weighted by Gasteiger charge is -2.36. The van der Waals surface area contributed by atoms with E-state index in [4.69, 9.17) is 9.47 Å². The standard InChI is InChI=1S/C40H53N3O4/c1-27(2)20-21-47-40(45)32-14-12-31(13-15-32)39(44)42(37-7-5-6-33(23-37)35-24-41-43(26-35)36-17-18-36)25-29-8-10-30(11-9-29)34-16-19-38(46-4)28(3)22-34/h5-7,16,19,22-24,26-27,29-32,36H,8-15,17-18,20-21,25H2,1-4H3/t29-,30-,31-,32-. The summed E-state index contributed by atoms with van der Waals surface area (Å²) >= 11 is 0. The fourth-order valence-electron chi connectivity index (χ4n) is 7.60. The molecule has 1 heterocycles. The molecule has 3 fully saturated rings. The molecule has 1 amide bonds. The van der Waals surface area contributed by atoms with Crippen LogP contribution in [0.15, 0.2) is 54.9 Å². The molecule has 0 saturated heterocycles. The number of methoxy groups -OCH3 is 1. The Morgan fingerprint density at radius 1 is 0.915 bits per heavy atom. The number of nitrogens with zero attached hydrogens (tertiary/aromatic N) is 3. The van der Waals surface area contributed by atoms with E-state index in [0.717, 1.165) is 86.9 Å². The lowest BCUT2D eigenvalue weighted by Crippen LogP contribution is -2.42. The molecule has 3 saturated carbocycles. The van der Waals surface area contributed by atoms with Gasteiger partial charge in [-0.05, 0) is 130 Å². The van der Waals surface area contributed by atoms with E-state index in [1.165, 1.54) is 24.0 Å². The maximum Gasteiger partial charge on any atom is 0.308 e. The van der Waals surface area contributed by atoms with Crippen molar-refractivity contribution in [1.29, 1.82) is 0 Å². The van der Waals surface area contributed by atoms with Gasteiger partial charge >= 0.3 is 5.97 Å². The van der Waals surface area contributed by atoms with Crippen LogP contribution >= 0.6 is 0 Å². The molecule has 0 N–H and O–H groups in total. The molecule has 0 atom stereocenters. The van der Waals surface area contributed by atoms with Gasteiger partial charge in [-0.2, -0.15) is 5.10 Å². The maximum atomic E-state index is 14.4. The van der Waals surface area contributed by atoms with Crippen molar-refractivity contribution in [3.8, 4) is 16.9 Å². The Labute approximate surface area is 281 Å². The van der Waals surface area contributed by atoms with Crippen molar-refractivity contribution in [3.05, 3.63) is 66.0 Å². The minimum Gasteiger partial charge on any atom is -0.496 e. The van der Waals surface area contributed by atoms with Crippen molar-refractivity contribution in [1.82, 2.24) is 9.78 Å². The number of aromatic nitrogens is 2. The van der Waals surface area contributed by atoms with E-state index in [1.807, 2.05) is 6.20 Å². The number of esters is 1. The van der Waals surface area contributed by atoms with E-state index < -0.39 is 0 Å². The molecule has 0 radical (unpaired) electrons. The summed E-state index contributed by atoms with van der Waals surface area (Å²) in [7, 11) is 1.73. The molecule has 0 bridgehead atoms. The van der Waals surface area contributed by atoms with Gasteiger partial charge in [-0.25, -0.2) is 0 Å². The van der Waals surface area contributed by atoms with Gasteiger partial charge in [0.25, 0.3) is 0 Å². The van der Waals surface area contributed by atoms with Crippen molar-refractivity contribution in [3.63, 3.8) is 0 Å². The number of benzene rings is 2. The zero-order chi connectivity index (χ0) is 32.9. The Morgan fingerprint density at radius 3 is 2.34 bits per heavy atom. The fraction of sp³-hybridized carbons (Fsp3) is 0.575. The zero-order valence-corrected chi connectivity index (χ0v) is 28.8. The van der Waals surface area contributed by atoms with Crippen LogP contribution < -0.4 is 9.64 Å². The number of aryl methyl sites for hydroxylation is 1. The highest BCUT2D eigenvalue weighted by Crippen LogP contribution is 2.40. The molecule has 0 spiro atoms. The van der Waals surface area contributed by atoms with Crippen LogP contribution in [0.2, 0.25) is 0 Å². The largest absolute Gasteiger partial charge is 0.496 e. The van der Waals surface area contributed by atoms with Gasteiger partial charge in [0.2, 0.25) is 5.91 Å². The number of carbonyl (C=O) groups is 2. The molecule has 3 aliphatic carbocycles. The average Bonchev–Trinajstić information content (AvgIpc) is 3.82. The fourth-order valence-corrected chi connectivity index (χ4v) is 7.60. The Hall–Kier alpha value is -3.61. The van der Waals surface area contributed by atoms with Crippen LogP contribution in [-0.2, 0) is 14.3 Å². The van der Waals surface area contributed by atoms with Crippen molar-refractivity contribution >= 4 is 17.6 Å². The van der Waals surface area contributed by atoms with Crippen molar-refractivity contribution in [2.45, 2.75) is 103 Å². The van der Waals surface area contributed by atoms with E-state index in [-0.39, 0.29) is 23.7 Å². The number of amides is 1. The summed E-state index contributed by atoms with van der Waals surface area (Å²) < 4.78 is 13.2. The summed E-state index contributed by atoms with van der Waals surface area (Å²) in [4.78, 5) is 29.2. The molecule has 47 heavy (non-hydrogen) atoms. The van der Waals surface area contributed by atoms with E-state index in [0.29, 0.717) is 30.4 Å². The predicted octanol–water partition coefficient (Wildman–Crippen LogP) is 8.90. The SMILES string of the molecule is COc1ccc([C@H]2CC[C@H](CN(c3cccc(-c4cnn(C5CC5)c4)c3)C(=O)[C@H]3CC[C@H](C(=O)OCCC(C)C)CC3)CC2)cc1C. The molecular formula is C40H53N3O4. The second kappa shape index (κ2) is 15.1. The lowest BCUT2D eigenvalue weighted by atomic mass is 9.77. The van der Waals surface area contributed by atoms with E-state index >= 15 is 0 Å². The van der Waals surface area contributed by atoms with E-state index in [2.05, 4.69) is 84.1 Å². The summed E-state index contributed by atoms with van der Waals surface area (Å²) in [6.07, 6.45) is 14.7. The lowest BCUT2D eigenvalue weighted by molar-refractivity contribution is -0.150. The van der Waals surface area contributed by atoms with Gasteiger partial charge in [-0.15, -0.1) is 0 Å². The molecule has 7 nitrogen and oxygen atoms in total. The Bertz CT molecular complexity index is 1510. The number of ether oxygens (including phenoxy) is 2. The summed E-state index contributed by atoms with van der Waals surface area (Å²) in [5, 5.41) is 4.62. The van der Waals surface area contributed by atoms with Gasteiger partial charge in [-0.3, -0.25) is 14.3 Å². The molecular weight excluding hydrogens is 586 g/mol. The van der Waals surface area contributed by atoms with Crippen molar-refractivity contribution < 1.29 is 19.1 Å². The highest BCUT2D eigenvalue weighted by Gasteiger charge is 2.35. The van der Waals surface area contributed by atoms with E-state index in [9.17, 15) is 9.59 Å². The third-order valence-corrected chi connectivity index (χ3v) is 10.8. The minimum atomic E-state index is -0.0946. The first-order valence-electron chi connectivity index (χ1n) is 18.1. The monoisotopic (exact) mass is 639 g/mol. The maximum absolute atomic E-state index is 14.4. The third-order valence-electron chi connectivity index (χ3n) is 10.8. The normalized spacial score (nSPS) is 23.0. The van der Waals surface area contributed by atoms with Gasteiger partial charge in [0, 0.05) is 29.9 Å². The van der Waals surface area contributed by atoms with Gasteiger partial charge in [0.1, 0.15) is 5.75 Å². The Morgan fingerprint density at radius 2 is 1.66 bits per heavy atom. The number of hydrogen-bond donors (Lipinski definition) is 0. The number of hydrogen-bond acceptors (Lipinski definition) is 5. The van der Waals surface area contributed by atoms with Crippen LogP contribution in [0, 0.1) is 30.6 Å². The van der Waals surface area contributed by atoms with Crippen LogP contribution in [0.1, 0.15) is 108 Å². The minimum absolute atomic E-state index is 0.0744. The summed E-state index contributed by atoms with van der Waals surface area (Å²) in [5.41, 5.74) is 5.74. The van der Waals surface area contributed by atoms with E-state index in [1.54, 1.807) is 7.11 Å². The highest BCUT2D eigenvalue weighted by atomic mass is 16.5. The Kier molecular flexibility index (Phi) is 10.7. The van der Waals surface area contributed by atoms with Crippen molar-refractivity contribution in [2.75, 3.05) is 25.2 Å². The zero-order valence-electron chi connectivity index (χ0n) is 28.8. The van der Waals surface area contributed by atoms with Crippen LogP contribution in [0.3, 0.4) is 0 Å². The topological polar surface area (TPSA) is 73.7 Å². The van der Waals surface area contributed by atoms with Gasteiger partial charge in [0.15, 0.2) is 0 Å². The average molecular weight is 640 g/mol. The second-order valence-corrected chi connectivity index (χ2v) is 14.8. The van der Waals surface area contributed by atoms with Gasteiger partial charge in [-0.1, -0.05) is 38.1 Å². The predicted molar refractivity (Wildman–Crippen MR) is 187 cm³/mol. The van der Waals surface area contributed by atoms with Crippen LogP contribution in [0.25, 0.3) is 11.1 Å². The third kappa shape index (κ3) is 8.28. The van der Waals surface area contributed by atoms with Gasteiger partial charge < -0.3 is 14.4 Å². The number of rotatable bonds is 12. The molecule has 1 aromatic heterocycles. The first-order valence-corrected chi connectivity index (χ1v) is 18.1. The molecule has 3 aliphatic rings. The molecule has 3 aromatic rings. The van der Waals surface area contributed by atoms with Crippen LogP contribution in [0.4, 0.5) is 5.69 Å². The van der Waals surface area contributed by atoms with Crippen molar-refractivity contribution in [2.24, 2.45) is 23.7 Å². The molecule has 0 aliphatic heterocycles.